The summed E-state index contributed by atoms with van der Waals surface area (Å²) in [5, 5.41) is 11.8. The lowest BCUT2D eigenvalue weighted by molar-refractivity contribution is 0.188. The van der Waals surface area contributed by atoms with Crippen LogP contribution < -0.4 is 10.1 Å². The van der Waals surface area contributed by atoms with Gasteiger partial charge in [-0.2, -0.15) is 0 Å². The Kier molecular flexibility index (Phi) is 4.52. The first kappa shape index (κ1) is 11.9. The minimum atomic E-state index is -0.271. The number of hydrogen-bond acceptors (Lipinski definition) is 3. The molecule has 1 rings (SSSR count). The largest absolute Gasteiger partial charge is 0.492 e. The fourth-order valence-corrected chi connectivity index (χ4v) is 1.19. The molecule has 0 spiro atoms. The van der Waals surface area contributed by atoms with E-state index in [9.17, 15) is 4.39 Å². The van der Waals surface area contributed by atoms with Gasteiger partial charge in [0.25, 0.3) is 0 Å². The molecule has 1 atom stereocenters. The standard InChI is InChI=1S/C11H16FNO2/c1-8-5-9(12)3-4-11(8)15-7-10(6-14)13-2/h3-5,10,13-14H,6-7H2,1-2H3. The summed E-state index contributed by atoms with van der Waals surface area (Å²) in [5.41, 5.74) is 0.753. The molecule has 0 fully saturated rings. The molecule has 15 heavy (non-hydrogen) atoms. The average molecular weight is 213 g/mol. The first-order chi connectivity index (χ1) is 7.17. The SMILES string of the molecule is CNC(CO)COc1ccc(F)cc1C. The van der Waals surface area contributed by atoms with Crippen molar-refractivity contribution in [3.8, 4) is 5.75 Å². The van der Waals surface area contributed by atoms with Crippen LogP contribution in [0.1, 0.15) is 5.56 Å². The van der Waals surface area contributed by atoms with Gasteiger partial charge in [0.1, 0.15) is 18.2 Å². The van der Waals surface area contributed by atoms with Crippen molar-refractivity contribution in [1.29, 1.82) is 0 Å². The Morgan fingerprint density at radius 2 is 2.27 bits per heavy atom. The zero-order valence-corrected chi connectivity index (χ0v) is 8.96. The van der Waals surface area contributed by atoms with Gasteiger partial charge in [0.15, 0.2) is 0 Å². The highest BCUT2D eigenvalue weighted by molar-refractivity contribution is 5.32. The van der Waals surface area contributed by atoms with E-state index in [2.05, 4.69) is 5.32 Å². The first-order valence-corrected chi connectivity index (χ1v) is 4.84. The van der Waals surface area contributed by atoms with E-state index < -0.39 is 0 Å². The molecule has 84 valence electrons. The molecule has 1 aromatic rings. The third kappa shape index (κ3) is 3.49. The summed E-state index contributed by atoms with van der Waals surface area (Å²) in [6, 6.07) is 4.27. The number of halogens is 1. The van der Waals surface area contributed by atoms with Crippen LogP contribution in [0.15, 0.2) is 18.2 Å². The van der Waals surface area contributed by atoms with E-state index in [1.54, 1.807) is 20.0 Å². The quantitative estimate of drug-likeness (QED) is 0.769. The van der Waals surface area contributed by atoms with E-state index in [-0.39, 0.29) is 18.5 Å². The number of hydrogen-bond donors (Lipinski definition) is 2. The van der Waals surface area contributed by atoms with Gasteiger partial charge in [-0.05, 0) is 37.7 Å². The molecular formula is C11H16FNO2. The molecule has 4 heteroatoms. The topological polar surface area (TPSA) is 41.5 Å². The van der Waals surface area contributed by atoms with Gasteiger partial charge in [-0.1, -0.05) is 0 Å². The number of benzene rings is 1. The van der Waals surface area contributed by atoms with Crippen molar-refractivity contribution in [3.05, 3.63) is 29.6 Å². The number of aryl methyl sites for hydroxylation is 1. The maximum absolute atomic E-state index is 12.8. The minimum Gasteiger partial charge on any atom is -0.492 e. The van der Waals surface area contributed by atoms with Crippen LogP contribution >= 0.6 is 0 Å². The molecule has 0 aliphatic rings. The van der Waals surface area contributed by atoms with Crippen molar-refractivity contribution >= 4 is 0 Å². The van der Waals surface area contributed by atoms with Gasteiger partial charge in [-0.3, -0.25) is 0 Å². The predicted molar refractivity (Wildman–Crippen MR) is 56.6 cm³/mol. The van der Waals surface area contributed by atoms with Crippen molar-refractivity contribution in [3.63, 3.8) is 0 Å². The summed E-state index contributed by atoms with van der Waals surface area (Å²) < 4.78 is 18.2. The fourth-order valence-electron chi connectivity index (χ4n) is 1.19. The number of nitrogens with one attached hydrogen (secondary N) is 1. The average Bonchev–Trinajstić information content (AvgIpc) is 2.22. The predicted octanol–water partition coefficient (Wildman–Crippen LogP) is 1.09. The van der Waals surface area contributed by atoms with Crippen LogP contribution in [0.3, 0.4) is 0 Å². The molecule has 0 amide bonds. The van der Waals surface area contributed by atoms with Crippen molar-refractivity contribution in [2.24, 2.45) is 0 Å². The highest BCUT2D eigenvalue weighted by Crippen LogP contribution is 2.18. The van der Waals surface area contributed by atoms with Crippen LogP contribution in [0.4, 0.5) is 4.39 Å². The maximum atomic E-state index is 12.8. The molecule has 3 nitrogen and oxygen atoms in total. The van der Waals surface area contributed by atoms with Crippen LogP contribution in [-0.4, -0.2) is 31.4 Å². The number of ether oxygens (including phenoxy) is 1. The lowest BCUT2D eigenvalue weighted by Gasteiger charge is -2.15. The third-order valence-corrected chi connectivity index (χ3v) is 2.21. The first-order valence-electron chi connectivity index (χ1n) is 4.84. The molecule has 2 N–H and O–H groups in total. The summed E-state index contributed by atoms with van der Waals surface area (Å²) in [7, 11) is 1.75. The molecule has 0 bridgehead atoms. The third-order valence-electron chi connectivity index (χ3n) is 2.21. The minimum absolute atomic E-state index is 0.0107. The Hall–Kier alpha value is -1.13. The Labute approximate surface area is 88.9 Å². The fraction of sp³-hybridized carbons (Fsp3) is 0.455. The van der Waals surface area contributed by atoms with Gasteiger partial charge in [-0.15, -0.1) is 0 Å². The van der Waals surface area contributed by atoms with Crippen LogP contribution in [0.5, 0.6) is 5.75 Å². The zero-order chi connectivity index (χ0) is 11.3. The monoisotopic (exact) mass is 213 g/mol. The second-order valence-corrected chi connectivity index (χ2v) is 3.39. The van der Waals surface area contributed by atoms with Gasteiger partial charge in [-0.25, -0.2) is 4.39 Å². The van der Waals surface area contributed by atoms with Gasteiger partial charge in [0.05, 0.1) is 12.6 Å². The molecule has 0 aliphatic carbocycles. The highest BCUT2D eigenvalue weighted by Gasteiger charge is 2.06. The normalized spacial score (nSPS) is 12.5. The van der Waals surface area contributed by atoms with Crippen LogP contribution in [0.25, 0.3) is 0 Å². The molecular weight excluding hydrogens is 197 g/mol. The Balaban J connectivity index is 2.57. The maximum Gasteiger partial charge on any atom is 0.123 e. The van der Waals surface area contributed by atoms with E-state index in [4.69, 9.17) is 9.84 Å². The summed E-state index contributed by atoms with van der Waals surface area (Å²) in [6.07, 6.45) is 0. The van der Waals surface area contributed by atoms with Gasteiger partial charge < -0.3 is 15.2 Å². The molecule has 0 saturated heterocycles. The van der Waals surface area contributed by atoms with Crippen LogP contribution in [0.2, 0.25) is 0 Å². The van der Waals surface area contributed by atoms with Gasteiger partial charge in [0.2, 0.25) is 0 Å². The second kappa shape index (κ2) is 5.68. The molecule has 0 aliphatic heterocycles. The van der Waals surface area contributed by atoms with E-state index >= 15 is 0 Å². The summed E-state index contributed by atoms with van der Waals surface area (Å²) >= 11 is 0. The smallest absolute Gasteiger partial charge is 0.123 e. The lowest BCUT2D eigenvalue weighted by Crippen LogP contribution is -2.35. The second-order valence-electron chi connectivity index (χ2n) is 3.39. The van der Waals surface area contributed by atoms with E-state index in [1.165, 1.54) is 12.1 Å². The molecule has 0 saturated carbocycles. The molecule has 1 unspecified atom stereocenters. The van der Waals surface area contributed by atoms with Crippen molar-refractivity contribution in [2.75, 3.05) is 20.3 Å². The van der Waals surface area contributed by atoms with Crippen LogP contribution in [0, 0.1) is 12.7 Å². The molecule has 0 aromatic heterocycles. The van der Waals surface area contributed by atoms with Crippen molar-refractivity contribution in [1.82, 2.24) is 5.32 Å². The lowest BCUT2D eigenvalue weighted by atomic mass is 10.2. The number of aliphatic hydroxyl groups is 1. The Bertz CT molecular complexity index is 313. The summed E-state index contributed by atoms with van der Waals surface area (Å²) in [5.74, 6) is 0.372. The highest BCUT2D eigenvalue weighted by atomic mass is 19.1. The van der Waals surface area contributed by atoms with E-state index in [1.807, 2.05) is 0 Å². The summed E-state index contributed by atoms with van der Waals surface area (Å²) in [4.78, 5) is 0. The van der Waals surface area contributed by atoms with E-state index in [0.29, 0.717) is 12.4 Å². The number of aliphatic hydroxyl groups excluding tert-OH is 1. The van der Waals surface area contributed by atoms with E-state index in [0.717, 1.165) is 5.56 Å². The van der Waals surface area contributed by atoms with Crippen LogP contribution in [-0.2, 0) is 0 Å². The van der Waals surface area contributed by atoms with Crippen molar-refractivity contribution in [2.45, 2.75) is 13.0 Å². The molecule has 0 radical (unpaired) electrons. The Morgan fingerprint density at radius 3 is 2.80 bits per heavy atom. The Morgan fingerprint density at radius 1 is 1.53 bits per heavy atom. The summed E-state index contributed by atoms with van der Waals surface area (Å²) in [6.45, 7) is 2.15. The van der Waals surface area contributed by atoms with Gasteiger partial charge in [0, 0.05) is 0 Å². The van der Waals surface area contributed by atoms with Gasteiger partial charge >= 0.3 is 0 Å². The molecule has 1 aromatic carbocycles. The zero-order valence-electron chi connectivity index (χ0n) is 8.96. The number of likely N-dealkylation sites (N-methyl/N-ethyl adjacent to an activating group) is 1. The van der Waals surface area contributed by atoms with Crippen molar-refractivity contribution < 1.29 is 14.2 Å². The molecule has 0 heterocycles. The number of rotatable bonds is 5.